The van der Waals surface area contributed by atoms with Crippen molar-refractivity contribution >= 4 is 35.4 Å². The van der Waals surface area contributed by atoms with Gasteiger partial charge in [0.15, 0.2) is 0 Å². The van der Waals surface area contributed by atoms with Crippen LogP contribution >= 0.6 is 23.2 Å². The Hall–Kier alpha value is -1.50. The third-order valence-corrected chi connectivity index (χ3v) is 7.22. The molecule has 0 aliphatic heterocycles. The van der Waals surface area contributed by atoms with E-state index in [1.807, 2.05) is 0 Å². The van der Waals surface area contributed by atoms with Crippen LogP contribution in [-0.2, 0) is 0 Å². The van der Waals surface area contributed by atoms with E-state index in [2.05, 4.69) is 88.4 Å². The lowest BCUT2D eigenvalue weighted by Gasteiger charge is -2.51. The van der Waals surface area contributed by atoms with Crippen molar-refractivity contribution in [2.24, 2.45) is 10.8 Å². The van der Waals surface area contributed by atoms with Crippen molar-refractivity contribution < 1.29 is 0 Å². The van der Waals surface area contributed by atoms with Gasteiger partial charge in [-0.1, -0.05) is 99.4 Å². The maximum atomic E-state index is 6.89. The molecule has 2 aliphatic rings. The summed E-state index contributed by atoms with van der Waals surface area (Å²) in [4.78, 5) is 0. The van der Waals surface area contributed by atoms with Gasteiger partial charge in [0.05, 0.1) is 0 Å². The zero-order valence-corrected chi connectivity index (χ0v) is 17.2. The number of fused-ring (bicyclic) bond motifs is 2. The predicted octanol–water partition coefficient (Wildman–Crippen LogP) is 7.79. The van der Waals surface area contributed by atoms with Crippen LogP contribution in [0.2, 0.25) is 0 Å². The first-order valence-electron chi connectivity index (χ1n) is 9.17. The molecule has 4 rings (SSSR count). The van der Waals surface area contributed by atoms with Crippen LogP contribution in [0.5, 0.6) is 0 Å². The first-order valence-corrected chi connectivity index (χ1v) is 9.93. The number of benzene rings is 2. The van der Waals surface area contributed by atoms with E-state index >= 15 is 0 Å². The van der Waals surface area contributed by atoms with Crippen molar-refractivity contribution in [2.45, 2.75) is 39.5 Å². The fourth-order valence-corrected chi connectivity index (χ4v) is 5.75. The van der Waals surface area contributed by atoms with Gasteiger partial charge in [0, 0.05) is 21.9 Å². The quantitative estimate of drug-likeness (QED) is 0.496. The number of hydrogen-bond acceptors (Lipinski definition) is 0. The van der Waals surface area contributed by atoms with Crippen molar-refractivity contribution in [1.82, 2.24) is 0 Å². The largest absolute Gasteiger partial charge is 0.0884 e. The zero-order valence-electron chi connectivity index (χ0n) is 15.7. The second kappa shape index (κ2) is 6.01. The van der Waals surface area contributed by atoms with E-state index in [9.17, 15) is 0 Å². The van der Waals surface area contributed by atoms with Gasteiger partial charge in [-0.15, -0.1) is 0 Å². The lowest BCUT2D eigenvalue weighted by molar-refractivity contribution is 0.0706. The summed E-state index contributed by atoms with van der Waals surface area (Å²) in [6.45, 7) is 9.29. The Labute approximate surface area is 166 Å². The number of halogens is 2. The van der Waals surface area contributed by atoms with Gasteiger partial charge in [-0.3, -0.25) is 0 Å². The molecule has 2 aromatic rings. The highest BCUT2D eigenvalue weighted by Crippen LogP contribution is 2.66. The molecule has 0 aromatic heterocycles. The lowest BCUT2D eigenvalue weighted by Crippen LogP contribution is -2.43. The van der Waals surface area contributed by atoms with E-state index in [0.29, 0.717) is 0 Å². The highest BCUT2D eigenvalue weighted by atomic mass is 35.5. The zero-order chi connectivity index (χ0) is 18.7. The molecule has 0 nitrogen and oxygen atoms in total. The van der Waals surface area contributed by atoms with Crippen LogP contribution in [-0.4, -0.2) is 0 Å². The number of allylic oxidation sites excluding steroid dienone is 2. The van der Waals surface area contributed by atoms with Gasteiger partial charge < -0.3 is 0 Å². The summed E-state index contributed by atoms with van der Waals surface area (Å²) in [6, 6.07) is 17.1. The molecule has 134 valence electrons. The first kappa shape index (κ1) is 17.9. The molecule has 2 aromatic carbocycles. The van der Waals surface area contributed by atoms with Crippen molar-refractivity contribution in [1.29, 1.82) is 0 Å². The van der Waals surface area contributed by atoms with Crippen molar-refractivity contribution in [3.8, 4) is 0 Å². The average Bonchev–Trinajstić information content (AvgIpc) is 3.08. The summed E-state index contributed by atoms with van der Waals surface area (Å²) in [6.07, 6.45) is 4.26. The first-order chi connectivity index (χ1) is 12.2. The van der Waals surface area contributed by atoms with Crippen molar-refractivity contribution in [2.75, 3.05) is 0 Å². The number of hydrogen-bond donors (Lipinski definition) is 0. The summed E-state index contributed by atoms with van der Waals surface area (Å²) in [7, 11) is 0. The van der Waals surface area contributed by atoms with Gasteiger partial charge in [-0.2, -0.15) is 0 Å². The van der Waals surface area contributed by atoms with E-state index in [1.54, 1.807) is 0 Å². The normalized spacial score (nSPS) is 23.8. The topological polar surface area (TPSA) is 0 Å². The molecule has 2 unspecified atom stereocenters. The molecular weight excluding hydrogens is 359 g/mol. The smallest absolute Gasteiger partial charge is 0.0271 e. The van der Waals surface area contributed by atoms with Crippen molar-refractivity contribution in [3.63, 3.8) is 0 Å². The molecule has 2 aliphatic carbocycles. The molecule has 0 saturated heterocycles. The van der Waals surface area contributed by atoms with Gasteiger partial charge >= 0.3 is 0 Å². The summed E-state index contributed by atoms with van der Waals surface area (Å²) >= 11 is 13.8. The summed E-state index contributed by atoms with van der Waals surface area (Å²) < 4.78 is 0. The van der Waals surface area contributed by atoms with Crippen LogP contribution in [0, 0.1) is 10.8 Å². The van der Waals surface area contributed by atoms with Crippen LogP contribution in [0.4, 0.5) is 0 Å². The van der Waals surface area contributed by atoms with Crippen LogP contribution in [0.1, 0.15) is 61.8 Å². The minimum absolute atomic E-state index is 0.0147. The Bertz CT molecular complexity index is 860. The molecule has 0 N–H and O–H groups in total. The van der Waals surface area contributed by atoms with E-state index < -0.39 is 0 Å². The van der Waals surface area contributed by atoms with E-state index in [4.69, 9.17) is 23.2 Å². The van der Waals surface area contributed by atoms with E-state index in [0.717, 1.165) is 10.1 Å². The molecular formula is C24H24Cl2. The highest BCUT2D eigenvalue weighted by Gasteiger charge is 2.55. The maximum absolute atomic E-state index is 6.89. The molecule has 0 saturated carbocycles. The van der Waals surface area contributed by atoms with Crippen LogP contribution in [0.15, 0.2) is 58.6 Å². The summed E-state index contributed by atoms with van der Waals surface area (Å²) in [5.41, 5.74) is 4.88. The van der Waals surface area contributed by atoms with Crippen LogP contribution < -0.4 is 0 Å². The maximum Gasteiger partial charge on any atom is 0.0271 e. The second-order valence-corrected chi connectivity index (χ2v) is 9.59. The van der Waals surface area contributed by atoms with Crippen LogP contribution in [0.25, 0.3) is 12.2 Å². The van der Waals surface area contributed by atoms with E-state index in [-0.39, 0.29) is 22.7 Å². The molecule has 0 amide bonds. The van der Waals surface area contributed by atoms with Gasteiger partial charge in [0.25, 0.3) is 0 Å². The molecule has 0 fully saturated rings. The Balaban J connectivity index is 1.95. The summed E-state index contributed by atoms with van der Waals surface area (Å²) in [5.74, 6) is 0.248. The molecule has 0 heterocycles. The fourth-order valence-electron chi connectivity index (χ4n) is 4.82. The van der Waals surface area contributed by atoms with Gasteiger partial charge in [-0.05, 0) is 45.2 Å². The Morgan fingerprint density at radius 2 is 1.04 bits per heavy atom. The lowest BCUT2D eigenvalue weighted by atomic mass is 9.53. The van der Waals surface area contributed by atoms with Gasteiger partial charge in [0.1, 0.15) is 0 Å². The third kappa shape index (κ3) is 2.42. The molecule has 2 heteroatoms. The molecule has 0 radical (unpaired) electrons. The minimum atomic E-state index is -0.173. The Kier molecular flexibility index (Phi) is 4.13. The Morgan fingerprint density at radius 3 is 1.42 bits per heavy atom. The molecule has 2 atom stereocenters. The van der Waals surface area contributed by atoms with Gasteiger partial charge in [0.2, 0.25) is 0 Å². The highest BCUT2D eigenvalue weighted by molar-refractivity contribution is 6.34. The van der Waals surface area contributed by atoms with E-state index in [1.165, 1.54) is 22.3 Å². The Morgan fingerprint density at radius 1 is 0.654 bits per heavy atom. The monoisotopic (exact) mass is 382 g/mol. The van der Waals surface area contributed by atoms with Crippen LogP contribution in [0.3, 0.4) is 0 Å². The minimum Gasteiger partial charge on any atom is -0.0884 e. The predicted molar refractivity (Wildman–Crippen MR) is 114 cm³/mol. The standard InChI is InChI=1S/C24H24Cl2/c1-23(2,3)24(4,21-17-11-7-5-9-15(17)13-19(21)25)22-18-12-8-6-10-16(18)14-20(22)26/h5-14,21-22H,1-4H3. The SMILES string of the molecule is CC(C)(C)C(C)(C1C(Cl)=Cc2ccccc21)C1C(Cl)=Cc2ccccc21. The van der Waals surface area contributed by atoms with Gasteiger partial charge in [-0.25, -0.2) is 0 Å². The molecule has 0 spiro atoms. The third-order valence-electron chi connectivity index (χ3n) is 6.57. The molecule has 0 bridgehead atoms. The van der Waals surface area contributed by atoms with Crippen molar-refractivity contribution in [3.05, 3.63) is 80.8 Å². The summed E-state index contributed by atoms with van der Waals surface area (Å²) in [5, 5.41) is 1.83. The average molecular weight is 383 g/mol. The number of rotatable bonds is 2. The molecule has 26 heavy (non-hydrogen) atoms. The fraction of sp³-hybridized carbons (Fsp3) is 0.333. The second-order valence-electron chi connectivity index (χ2n) is 8.71.